The number of hydrogen-bond acceptors (Lipinski definition) is 5. The Bertz CT molecular complexity index is 791. The maximum absolute atomic E-state index is 12.8. The summed E-state index contributed by atoms with van der Waals surface area (Å²) in [5.41, 5.74) is 2.96. The van der Waals surface area contributed by atoms with E-state index in [4.69, 9.17) is 9.47 Å². The number of amides is 2. The zero-order valence-electron chi connectivity index (χ0n) is 13.6. The van der Waals surface area contributed by atoms with Crippen LogP contribution in [0.3, 0.4) is 0 Å². The number of hydrazone groups is 1. The van der Waals surface area contributed by atoms with Gasteiger partial charge in [-0.1, -0.05) is 12.1 Å². The molecule has 2 aromatic carbocycles. The Morgan fingerprint density at radius 3 is 2.40 bits per heavy atom. The van der Waals surface area contributed by atoms with Crippen molar-refractivity contribution in [3.8, 4) is 11.5 Å². The molecule has 0 saturated carbocycles. The highest BCUT2D eigenvalue weighted by Crippen LogP contribution is 2.28. The molecule has 2 rings (SSSR count). The standard InChI is InChI=1S/C17H16FN3O4/c1-24-13-7-8-14(15(9-13)25-2)20-16(22)17(23)21-19-10-11-3-5-12(18)6-4-11/h3-10H,1-2H3,(H,20,22)(H,21,23). The molecule has 8 heteroatoms. The lowest BCUT2D eigenvalue weighted by molar-refractivity contribution is -0.136. The van der Waals surface area contributed by atoms with Crippen molar-refractivity contribution in [1.29, 1.82) is 0 Å². The molecule has 130 valence electrons. The van der Waals surface area contributed by atoms with Crippen LogP contribution in [0.2, 0.25) is 0 Å². The first-order chi connectivity index (χ1) is 12.0. The molecule has 2 aromatic rings. The van der Waals surface area contributed by atoms with E-state index in [1.54, 1.807) is 18.2 Å². The third-order valence-electron chi connectivity index (χ3n) is 3.11. The Labute approximate surface area is 143 Å². The fourth-order valence-corrected chi connectivity index (χ4v) is 1.85. The predicted octanol–water partition coefficient (Wildman–Crippen LogP) is 1.93. The second kappa shape index (κ2) is 8.44. The number of carbonyl (C=O) groups excluding carboxylic acids is 2. The number of carbonyl (C=O) groups is 2. The van der Waals surface area contributed by atoms with Crippen molar-refractivity contribution in [3.63, 3.8) is 0 Å². The zero-order chi connectivity index (χ0) is 18.2. The summed E-state index contributed by atoms with van der Waals surface area (Å²) in [4.78, 5) is 23.6. The number of ether oxygens (including phenoxy) is 2. The zero-order valence-corrected chi connectivity index (χ0v) is 13.6. The van der Waals surface area contributed by atoms with Crippen LogP contribution < -0.4 is 20.2 Å². The molecule has 0 unspecified atom stereocenters. The number of benzene rings is 2. The van der Waals surface area contributed by atoms with Crippen molar-refractivity contribution in [2.75, 3.05) is 19.5 Å². The van der Waals surface area contributed by atoms with Gasteiger partial charge in [-0.25, -0.2) is 9.82 Å². The first-order valence-corrected chi connectivity index (χ1v) is 7.15. The van der Waals surface area contributed by atoms with Crippen LogP contribution >= 0.6 is 0 Å². The normalized spacial score (nSPS) is 10.4. The van der Waals surface area contributed by atoms with E-state index >= 15 is 0 Å². The van der Waals surface area contributed by atoms with E-state index < -0.39 is 11.8 Å². The molecule has 0 bridgehead atoms. The van der Waals surface area contributed by atoms with Crippen molar-refractivity contribution < 1.29 is 23.5 Å². The minimum atomic E-state index is -0.962. The molecule has 25 heavy (non-hydrogen) atoms. The Balaban J connectivity index is 1.96. The summed E-state index contributed by atoms with van der Waals surface area (Å²) in [6.45, 7) is 0. The Kier molecular flexibility index (Phi) is 6.05. The molecular weight excluding hydrogens is 329 g/mol. The highest BCUT2D eigenvalue weighted by Gasteiger charge is 2.15. The molecule has 0 aliphatic carbocycles. The number of anilines is 1. The van der Waals surface area contributed by atoms with E-state index in [1.165, 1.54) is 44.7 Å². The highest BCUT2D eigenvalue weighted by atomic mass is 19.1. The summed E-state index contributed by atoms with van der Waals surface area (Å²) in [6.07, 6.45) is 1.29. The lowest BCUT2D eigenvalue weighted by Gasteiger charge is -2.10. The van der Waals surface area contributed by atoms with Gasteiger partial charge < -0.3 is 14.8 Å². The second-order valence-electron chi connectivity index (χ2n) is 4.77. The molecule has 2 amide bonds. The van der Waals surface area contributed by atoms with Crippen LogP contribution in [0.5, 0.6) is 11.5 Å². The number of hydrogen-bond donors (Lipinski definition) is 2. The fourth-order valence-electron chi connectivity index (χ4n) is 1.85. The molecule has 0 heterocycles. The van der Waals surface area contributed by atoms with Crippen molar-refractivity contribution in [1.82, 2.24) is 5.43 Å². The van der Waals surface area contributed by atoms with Crippen LogP contribution in [0.15, 0.2) is 47.6 Å². The van der Waals surface area contributed by atoms with Crippen LogP contribution in [-0.2, 0) is 9.59 Å². The minimum Gasteiger partial charge on any atom is -0.497 e. The van der Waals surface area contributed by atoms with Crippen LogP contribution in [-0.4, -0.2) is 32.2 Å². The fraction of sp³-hybridized carbons (Fsp3) is 0.118. The van der Waals surface area contributed by atoms with Gasteiger partial charge in [0.05, 0.1) is 26.1 Å². The van der Waals surface area contributed by atoms with Gasteiger partial charge in [-0.15, -0.1) is 0 Å². The number of rotatable bonds is 5. The average molecular weight is 345 g/mol. The van der Waals surface area contributed by atoms with E-state index in [1.807, 2.05) is 0 Å². The summed E-state index contributed by atoms with van der Waals surface area (Å²) in [6, 6.07) is 10.2. The topological polar surface area (TPSA) is 89.0 Å². The van der Waals surface area contributed by atoms with Gasteiger partial charge in [0, 0.05) is 6.07 Å². The molecular formula is C17H16FN3O4. The quantitative estimate of drug-likeness (QED) is 0.492. The molecule has 0 aliphatic rings. The van der Waals surface area contributed by atoms with Crippen molar-refractivity contribution in [3.05, 3.63) is 53.8 Å². The van der Waals surface area contributed by atoms with Crippen LogP contribution in [0.4, 0.5) is 10.1 Å². The molecule has 7 nitrogen and oxygen atoms in total. The maximum atomic E-state index is 12.8. The minimum absolute atomic E-state index is 0.311. The van der Waals surface area contributed by atoms with Gasteiger partial charge in [0.2, 0.25) is 0 Å². The summed E-state index contributed by atoms with van der Waals surface area (Å²) >= 11 is 0. The average Bonchev–Trinajstić information content (AvgIpc) is 2.63. The van der Waals surface area contributed by atoms with Gasteiger partial charge in [0.15, 0.2) is 0 Å². The molecule has 0 fully saturated rings. The lowest BCUT2D eigenvalue weighted by Crippen LogP contribution is -2.32. The third kappa shape index (κ3) is 5.03. The Morgan fingerprint density at radius 2 is 1.76 bits per heavy atom. The first-order valence-electron chi connectivity index (χ1n) is 7.15. The van der Waals surface area contributed by atoms with E-state index in [-0.39, 0.29) is 5.82 Å². The van der Waals surface area contributed by atoms with Gasteiger partial charge in [-0.2, -0.15) is 5.10 Å². The largest absolute Gasteiger partial charge is 0.497 e. The first kappa shape index (κ1) is 17.9. The summed E-state index contributed by atoms with van der Waals surface area (Å²) < 4.78 is 23.0. The molecule has 0 atom stereocenters. The van der Waals surface area contributed by atoms with Crippen molar-refractivity contribution in [2.24, 2.45) is 5.10 Å². The van der Waals surface area contributed by atoms with Crippen LogP contribution in [0.25, 0.3) is 0 Å². The SMILES string of the molecule is COc1ccc(NC(=O)C(=O)NN=Cc2ccc(F)cc2)c(OC)c1. The summed E-state index contributed by atoms with van der Waals surface area (Å²) in [7, 11) is 2.93. The van der Waals surface area contributed by atoms with Crippen molar-refractivity contribution >= 4 is 23.7 Å². The molecule has 0 aliphatic heterocycles. The smallest absolute Gasteiger partial charge is 0.329 e. The van der Waals surface area contributed by atoms with Gasteiger partial charge in [-0.05, 0) is 29.8 Å². The maximum Gasteiger partial charge on any atom is 0.329 e. The second-order valence-corrected chi connectivity index (χ2v) is 4.77. The molecule has 0 radical (unpaired) electrons. The number of methoxy groups -OCH3 is 2. The van der Waals surface area contributed by atoms with E-state index in [0.717, 1.165) is 0 Å². The van der Waals surface area contributed by atoms with Crippen molar-refractivity contribution in [2.45, 2.75) is 0 Å². The van der Waals surface area contributed by atoms with Gasteiger partial charge in [0.1, 0.15) is 17.3 Å². The number of nitrogens with zero attached hydrogens (tertiary/aromatic N) is 1. The van der Waals surface area contributed by atoms with Crippen LogP contribution in [0, 0.1) is 5.82 Å². The van der Waals surface area contributed by atoms with Gasteiger partial charge in [-0.3, -0.25) is 9.59 Å². The van der Waals surface area contributed by atoms with Gasteiger partial charge in [0.25, 0.3) is 0 Å². The van der Waals surface area contributed by atoms with E-state index in [9.17, 15) is 14.0 Å². The monoisotopic (exact) mass is 345 g/mol. The summed E-state index contributed by atoms with van der Waals surface area (Å²) in [5.74, 6) is -1.37. The molecule has 0 aromatic heterocycles. The Morgan fingerprint density at radius 1 is 1.04 bits per heavy atom. The Hall–Kier alpha value is -3.42. The van der Waals surface area contributed by atoms with Gasteiger partial charge >= 0.3 is 11.8 Å². The highest BCUT2D eigenvalue weighted by molar-refractivity contribution is 6.39. The number of halogens is 1. The van der Waals surface area contributed by atoms with Crippen LogP contribution in [0.1, 0.15) is 5.56 Å². The van der Waals surface area contributed by atoms with E-state index in [2.05, 4.69) is 15.8 Å². The third-order valence-corrected chi connectivity index (χ3v) is 3.11. The lowest BCUT2D eigenvalue weighted by atomic mass is 10.2. The predicted molar refractivity (Wildman–Crippen MR) is 90.3 cm³/mol. The number of nitrogens with one attached hydrogen (secondary N) is 2. The van der Waals surface area contributed by atoms with E-state index in [0.29, 0.717) is 22.7 Å². The molecule has 0 saturated heterocycles. The summed E-state index contributed by atoms with van der Waals surface area (Å²) in [5, 5.41) is 6.06. The molecule has 0 spiro atoms. The molecule has 2 N–H and O–H groups in total.